The molecule has 0 radical (unpaired) electrons. The van der Waals surface area contributed by atoms with Gasteiger partial charge in [-0.05, 0) is 19.1 Å². The van der Waals surface area contributed by atoms with Crippen LogP contribution < -0.4 is 5.32 Å². The van der Waals surface area contributed by atoms with Gasteiger partial charge in [0.25, 0.3) is 5.91 Å². The Morgan fingerprint density at radius 2 is 2.00 bits per heavy atom. The van der Waals surface area contributed by atoms with Crippen LogP contribution in [-0.4, -0.2) is 44.3 Å². The van der Waals surface area contributed by atoms with E-state index in [1.54, 1.807) is 43.7 Å². The lowest BCUT2D eigenvalue weighted by molar-refractivity contribution is 0.0784. The Hall–Kier alpha value is -2.96. The first-order valence-corrected chi connectivity index (χ1v) is 7.26. The molecule has 0 spiro atoms. The largest absolute Gasteiger partial charge is 0.357 e. The quantitative estimate of drug-likeness (QED) is 0.794. The van der Waals surface area contributed by atoms with Crippen molar-refractivity contribution in [1.29, 1.82) is 0 Å². The van der Waals surface area contributed by atoms with Crippen molar-refractivity contribution in [1.82, 2.24) is 24.3 Å². The monoisotopic (exact) mass is 310 g/mol. The number of amides is 1. The van der Waals surface area contributed by atoms with Gasteiger partial charge in [-0.15, -0.1) is 0 Å². The minimum atomic E-state index is -0.0593. The van der Waals surface area contributed by atoms with Crippen LogP contribution in [0.1, 0.15) is 21.6 Å². The molecule has 0 saturated heterocycles. The fourth-order valence-electron chi connectivity index (χ4n) is 2.38. The summed E-state index contributed by atoms with van der Waals surface area (Å²) in [6, 6.07) is 3.64. The Morgan fingerprint density at radius 3 is 2.70 bits per heavy atom. The number of anilines is 1. The first-order valence-electron chi connectivity index (χ1n) is 7.26. The van der Waals surface area contributed by atoms with Gasteiger partial charge in [-0.2, -0.15) is 0 Å². The molecule has 118 valence electrons. The normalized spacial score (nSPS) is 10.7. The van der Waals surface area contributed by atoms with E-state index in [-0.39, 0.29) is 5.91 Å². The first-order chi connectivity index (χ1) is 11.1. The molecule has 0 aromatic carbocycles. The summed E-state index contributed by atoms with van der Waals surface area (Å²) in [4.78, 5) is 26.9. The number of aryl methyl sites for hydroxylation is 1. The maximum absolute atomic E-state index is 12.6. The van der Waals surface area contributed by atoms with Gasteiger partial charge in [0.05, 0.1) is 11.3 Å². The minimum Gasteiger partial charge on any atom is -0.357 e. The van der Waals surface area contributed by atoms with Gasteiger partial charge in [0.2, 0.25) is 5.95 Å². The van der Waals surface area contributed by atoms with E-state index in [0.717, 1.165) is 16.9 Å². The van der Waals surface area contributed by atoms with E-state index < -0.39 is 0 Å². The van der Waals surface area contributed by atoms with Crippen LogP contribution in [0.5, 0.6) is 0 Å². The molecule has 3 aromatic rings. The molecule has 3 aromatic heterocycles. The molecule has 7 heteroatoms. The zero-order valence-corrected chi connectivity index (χ0v) is 13.3. The molecule has 0 saturated carbocycles. The molecular formula is C16H18N6O. The van der Waals surface area contributed by atoms with Crippen LogP contribution in [0.4, 0.5) is 5.95 Å². The predicted molar refractivity (Wildman–Crippen MR) is 87.3 cm³/mol. The highest BCUT2D eigenvalue weighted by Gasteiger charge is 2.13. The molecule has 0 aliphatic rings. The van der Waals surface area contributed by atoms with Gasteiger partial charge < -0.3 is 14.6 Å². The molecule has 23 heavy (non-hydrogen) atoms. The van der Waals surface area contributed by atoms with E-state index in [1.807, 2.05) is 23.6 Å². The van der Waals surface area contributed by atoms with Crippen molar-refractivity contribution < 1.29 is 4.79 Å². The lowest BCUT2D eigenvalue weighted by Gasteiger charge is -2.17. The van der Waals surface area contributed by atoms with Crippen molar-refractivity contribution in [2.45, 2.75) is 13.5 Å². The highest BCUT2D eigenvalue weighted by Crippen LogP contribution is 2.11. The molecular weight excluding hydrogens is 292 g/mol. The number of fused-ring (bicyclic) bond motifs is 1. The van der Waals surface area contributed by atoms with E-state index in [1.165, 1.54) is 0 Å². The zero-order chi connectivity index (χ0) is 16.4. The molecule has 0 aliphatic carbocycles. The average Bonchev–Trinajstić information content (AvgIpc) is 2.93. The van der Waals surface area contributed by atoms with Crippen molar-refractivity contribution in [3.63, 3.8) is 0 Å². The van der Waals surface area contributed by atoms with Gasteiger partial charge in [-0.1, -0.05) is 0 Å². The van der Waals surface area contributed by atoms with Gasteiger partial charge in [0.1, 0.15) is 5.65 Å². The fraction of sp³-hybridized carbons (Fsp3) is 0.250. The number of pyridine rings is 1. The molecule has 1 amide bonds. The van der Waals surface area contributed by atoms with E-state index in [4.69, 9.17) is 0 Å². The maximum atomic E-state index is 12.6. The third-order valence-electron chi connectivity index (χ3n) is 3.51. The van der Waals surface area contributed by atoms with Crippen LogP contribution in [0.25, 0.3) is 5.65 Å². The number of aromatic nitrogens is 4. The van der Waals surface area contributed by atoms with Crippen LogP contribution in [0.2, 0.25) is 0 Å². The van der Waals surface area contributed by atoms with Gasteiger partial charge >= 0.3 is 0 Å². The van der Waals surface area contributed by atoms with Crippen LogP contribution in [0, 0.1) is 6.92 Å². The Balaban J connectivity index is 1.76. The standard InChI is InChI=1S/C16H18N6O/c1-11-8-22-10-13(4-5-14(22)20-11)15(23)21(3)9-12-6-18-16(17-2)19-7-12/h4-8,10H,9H2,1-3H3,(H,17,18,19). The molecule has 1 N–H and O–H groups in total. The molecule has 3 heterocycles. The topological polar surface area (TPSA) is 75.4 Å². The predicted octanol–water partition coefficient (Wildman–Crippen LogP) is 1.75. The lowest BCUT2D eigenvalue weighted by Crippen LogP contribution is -2.26. The third-order valence-corrected chi connectivity index (χ3v) is 3.51. The summed E-state index contributed by atoms with van der Waals surface area (Å²) < 4.78 is 1.86. The number of carbonyl (C=O) groups is 1. The van der Waals surface area contributed by atoms with E-state index in [0.29, 0.717) is 18.1 Å². The summed E-state index contributed by atoms with van der Waals surface area (Å²) in [5.41, 5.74) is 3.24. The number of nitrogens with one attached hydrogen (secondary N) is 1. The molecule has 0 unspecified atom stereocenters. The van der Waals surface area contributed by atoms with Crippen LogP contribution >= 0.6 is 0 Å². The minimum absolute atomic E-state index is 0.0593. The number of carbonyl (C=O) groups excluding carboxylic acids is 1. The number of rotatable bonds is 4. The summed E-state index contributed by atoms with van der Waals surface area (Å²) in [7, 11) is 3.52. The van der Waals surface area contributed by atoms with Crippen LogP contribution in [-0.2, 0) is 6.54 Å². The second kappa shape index (κ2) is 6.04. The molecule has 0 fully saturated rings. The van der Waals surface area contributed by atoms with Crippen molar-refractivity contribution in [3.8, 4) is 0 Å². The van der Waals surface area contributed by atoms with E-state index >= 15 is 0 Å². The number of imidazole rings is 1. The summed E-state index contributed by atoms with van der Waals surface area (Å²) in [5, 5.41) is 2.86. The number of hydrogen-bond donors (Lipinski definition) is 1. The SMILES string of the molecule is CNc1ncc(CN(C)C(=O)c2ccc3nc(C)cn3c2)cn1. The Kier molecular flexibility index (Phi) is 3.92. The van der Waals surface area contributed by atoms with Crippen LogP contribution in [0.3, 0.4) is 0 Å². The fourth-order valence-corrected chi connectivity index (χ4v) is 2.38. The Bertz CT molecular complexity index is 839. The van der Waals surface area contributed by atoms with Crippen molar-refractivity contribution in [3.05, 3.63) is 53.7 Å². The van der Waals surface area contributed by atoms with Crippen molar-refractivity contribution in [2.24, 2.45) is 0 Å². The third kappa shape index (κ3) is 3.13. The maximum Gasteiger partial charge on any atom is 0.255 e. The summed E-state index contributed by atoms with van der Waals surface area (Å²) in [5.74, 6) is 0.500. The molecule has 3 rings (SSSR count). The highest BCUT2D eigenvalue weighted by atomic mass is 16.2. The van der Waals surface area contributed by atoms with E-state index in [2.05, 4.69) is 20.3 Å². The van der Waals surface area contributed by atoms with Crippen molar-refractivity contribution >= 4 is 17.5 Å². The zero-order valence-electron chi connectivity index (χ0n) is 13.3. The Morgan fingerprint density at radius 1 is 1.26 bits per heavy atom. The van der Waals surface area contributed by atoms with Gasteiger partial charge in [0, 0.05) is 51.0 Å². The highest BCUT2D eigenvalue weighted by molar-refractivity contribution is 5.94. The Labute approximate surface area is 134 Å². The van der Waals surface area contributed by atoms with Crippen LogP contribution in [0.15, 0.2) is 36.9 Å². The first kappa shape index (κ1) is 15.0. The van der Waals surface area contributed by atoms with Gasteiger partial charge in [-0.25, -0.2) is 15.0 Å². The second-order valence-electron chi connectivity index (χ2n) is 5.39. The molecule has 0 atom stereocenters. The molecule has 0 aliphatic heterocycles. The molecule has 7 nitrogen and oxygen atoms in total. The van der Waals surface area contributed by atoms with E-state index in [9.17, 15) is 4.79 Å². The smallest absolute Gasteiger partial charge is 0.255 e. The number of nitrogens with zero attached hydrogens (tertiary/aromatic N) is 5. The lowest BCUT2D eigenvalue weighted by atomic mass is 10.2. The average molecular weight is 310 g/mol. The number of hydrogen-bond acceptors (Lipinski definition) is 5. The van der Waals surface area contributed by atoms with Gasteiger partial charge in [-0.3, -0.25) is 4.79 Å². The summed E-state index contributed by atoms with van der Waals surface area (Å²) >= 11 is 0. The molecule has 0 bridgehead atoms. The van der Waals surface area contributed by atoms with Crippen molar-refractivity contribution in [2.75, 3.05) is 19.4 Å². The second-order valence-corrected chi connectivity index (χ2v) is 5.39. The summed E-state index contributed by atoms with van der Waals surface area (Å²) in [6.07, 6.45) is 7.13. The summed E-state index contributed by atoms with van der Waals surface area (Å²) in [6.45, 7) is 2.37. The van der Waals surface area contributed by atoms with Gasteiger partial charge in [0.15, 0.2) is 0 Å².